The van der Waals surface area contributed by atoms with E-state index in [9.17, 15) is 9.18 Å². The minimum atomic E-state index is -0.749. The zero-order chi connectivity index (χ0) is 21.6. The summed E-state index contributed by atoms with van der Waals surface area (Å²) in [7, 11) is 0. The average Bonchev–Trinajstić information content (AvgIpc) is 3.24. The second-order valence-electron chi connectivity index (χ2n) is 6.35. The summed E-state index contributed by atoms with van der Waals surface area (Å²) in [4.78, 5) is 16.5. The van der Waals surface area contributed by atoms with Crippen molar-refractivity contribution in [3.05, 3.63) is 100 Å². The van der Waals surface area contributed by atoms with Crippen LogP contribution in [0.2, 0.25) is 5.02 Å². The zero-order valence-corrected chi connectivity index (χ0v) is 17.5. The Hall–Kier alpha value is -3.55. The number of carbonyl (C=O) groups excluding carboxylic acids is 1. The molecule has 5 nitrogen and oxygen atoms in total. The second-order valence-corrected chi connectivity index (χ2v) is 7.65. The van der Waals surface area contributed by atoms with Crippen LogP contribution in [0.1, 0.15) is 15.9 Å². The van der Waals surface area contributed by atoms with Gasteiger partial charge in [0.25, 0.3) is 0 Å². The lowest BCUT2D eigenvalue weighted by Gasteiger charge is -2.05. The Morgan fingerprint density at radius 1 is 1.06 bits per heavy atom. The van der Waals surface area contributed by atoms with Gasteiger partial charge in [-0.1, -0.05) is 35.9 Å². The van der Waals surface area contributed by atoms with Crippen molar-refractivity contribution >= 4 is 40.3 Å². The van der Waals surface area contributed by atoms with Crippen LogP contribution in [0.25, 0.3) is 11.3 Å². The molecule has 0 bridgehead atoms. The summed E-state index contributed by atoms with van der Waals surface area (Å²) in [5, 5.41) is 7.43. The normalized spacial score (nSPS) is 10.9. The highest BCUT2D eigenvalue weighted by atomic mass is 35.5. The van der Waals surface area contributed by atoms with E-state index in [1.165, 1.54) is 29.5 Å². The second kappa shape index (κ2) is 9.51. The molecule has 1 heterocycles. The van der Waals surface area contributed by atoms with Crippen LogP contribution in [-0.2, 0) is 0 Å². The van der Waals surface area contributed by atoms with E-state index >= 15 is 0 Å². The van der Waals surface area contributed by atoms with Gasteiger partial charge < -0.3 is 4.74 Å². The number of nitrogens with one attached hydrogen (secondary N) is 1. The zero-order valence-electron chi connectivity index (χ0n) is 16.0. The average molecular weight is 452 g/mol. The number of carbonyl (C=O) groups is 1. The first-order valence-corrected chi connectivity index (χ1v) is 10.4. The number of aromatic nitrogens is 1. The van der Waals surface area contributed by atoms with E-state index < -0.39 is 11.8 Å². The molecule has 3 aromatic carbocycles. The molecule has 0 spiro atoms. The van der Waals surface area contributed by atoms with Crippen molar-refractivity contribution in [3.8, 4) is 17.0 Å². The summed E-state index contributed by atoms with van der Waals surface area (Å²) in [5.74, 6) is -1.06. The first-order chi connectivity index (χ1) is 15.1. The number of esters is 1. The third-order valence-electron chi connectivity index (χ3n) is 4.20. The summed E-state index contributed by atoms with van der Waals surface area (Å²) in [6.07, 6.45) is 1.62. The quantitative estimate of drug-likeness (QED) is 0.162. The Kier molecular flexibility index (Phi) is 6.35. The standard InChI is InChI=1S/C23H15ClFN3O2S/c24-17-9-7-16(8-10-17)21-14-31-23(27-21)28-26-13-15-5-11-18(12-6-15)30-22(29)19-3-1-2-4-20(19)25/h1-14H,(H,27,28)/b26-13+. The molecule has 0 saturated heterocycles. The number of hydrazone groups is 1. The highest BCUT2D eigenvalue weighted by Crippen LogP contribution is 2.26. The van der Waals surface area contributed by atoms with Gasteiger partial charge in [0.1, 0.15) is 11.6 Å². The molecule has 0 aliphatic carbocycles. The summed E-state index contributed by atoms with van der Waals surface area (Å²) >= 11 is 7.35. The molecule has 1 N–H and O–H groups in total. The molecule has 8 heteroatoms. The number of halogens is 2. The van der Waals surface area contributed by atoms with Crippen molar-refractivity contribution in [2.45, 2.75) is 0 Å². The van der Waals surface area contributed by atoms with Gasteiger partial charge in [-0.2, -0.15) is 5.10 Å². The van der Waals surface area contributed by atoms with Gasteiger partial charge in [-0.05, 0) is 54.1 Å². The largest absolute Gasteiger partial charge is 0.423 e. The predicted molar refractivity (Wildman–Crippen MR) is 122 cm³/mol. The summed E-state index contributed by atoms with van der Waals surface area (Å²) in [6, 6.07) is 19.8. The Balaban J connectivity index is 1.34. The number of benzene rings is 3. The van der Waals surface area contributed by atoms with Crippen LogP contribution in [0, 0.1) is 5.82 Å². The molecule has 31 heavy (non-hydrogen) atoms. The molecular weight excluding hydrogens is 437 g/mol. The van der Waals surface area contributed by atoms with Crippen LogP contribution in [0.4, 0.5) is 9.52 Å². The Labute approximate surface area is 186 Å². The molecule has 154 valence electrons. The fraction of sp³-hybridized carbons (Fsp3) is 0. The molecule has 0 aliphatic heterocycles. The van der Waals surface area contributed by atoms with E-state index in [4.69, 9.17) is 16.3 Å². The SMILES string of the molecule is O=C(Oc1ccc(/C=N/Nc2nc(-c3ccc(Cl)cc3)cs2)cc1)c1ccccc1F. The minimum Gasteiger partial charge on any atom is -0.423 e. The van der Waals surface area contributed by atoms with E-state index in [-0.39, 0.29) is 5.56 Å². The van der Waals surface area contributed by atoms with Crippen molar-refractivity contribution in [2.24, 2.45) is 5.10 Å². The van der Waals surface area contributed by atoms with Crippen molar-refractivity contribution < 1.29 is 13.9 Å². The molecule has 1 aromatic heterocycles. The van der Waals surface area contributed by atoms with E-state index in [2.05, 4.69) is 15.5 Å². The minimum absolute atomic E-state index is 0.112. The van der Waals surface area contributed by atoms with Gasteiger partial charge in [0.05, 0.1) is 17.5 Å². The molecule has 0 atom stereocenters. The first-order valence-electron chi connectivity index (χ1n) is 9.16. The number of ether oxygens (including phenoxy) is 1. The van der Waals surface area contributed by atoms with Gasteiger partial charge in [0.2, 0.25) is 5.13 Å². The van der Waals surface area contributed by atoms with Crippen molar-refractivity contribution in [1.82, 2.24) is 4.98 Å². The maximum absolute atomic E-state index is 13.7. The smallest absolute Gasteiger partial charge is 0.346 e. The number of nitrogens with zero attached hydrogens (tertiary/aromatic N) is 2. The number of anilines is 1. The fourth-order valence-electron chi connectivity index (χ4n) is 2.65. The number of hydrogen-bond donors (Lipinski definition) is 1. The summed E-state index contributed by atoms with van der Waals surface area (Å²) in [5.41, 5.74) is 5.37. The molecule has 0 radical (unpaired) electrons. The van der Waals surface area contributed by atoms with Gasteiger partial charge in [-0.15, -0.1) is 11.3 Å². The van der Waals surface area contributed by atoms with Gasteiger partial charge in [-0.3, -0.25) is 5.43 Å². The van der Waals surface area contributed by atoms with Crippen molar-refractivity contribution in [1.29, 1.82) is 0 Å². The highest BCUT2D eigenvalue weighted by molar-refractivity contribution is 7.14. The molecule has 0 fully saturated rings. The van der Waals surface area contributed by atoms with E-state index in [0.29, 0.717) is 15.9 Å². The van der Waals surface area contributed by atoms with E-state index in [0.717, 1.165) is 16.8 Å². The predicted octanol–water partition coefficient (Wildman–Crippen LogP) is 6.27. The molecular formula is C23H15ClFN3O2S. The van der Waals surface area contributed by atoms with Crippen LogP contribution in [0.3, 0.4) is 0 Å². The molecule has 0 saturated carbocycles. The monoisotopic (exact) mass is 451 g/mol. The number of thiazole rings is 1. The molecule has 4 rings (SSSR count). The highest BCUT2D eigenvalue weighted by Gasteiger charge is 2.13. The van der Waals surface area contributed by atoms with Gasteiger partial charge in [0, 0.05) is 16.0 Å². The fourth-order valence-corrected chi connectivity index (χ4v) is 3.45. The number of rotatable bonds is 6. The van der Waals surface area contributed by atoms with Gasteiger partial charge >= 0.3 is 5.97 Å². The maximum atomic E-state index is 13.7. The van der Waals surface area contributed by atoms with Crippen LogP contribution in [-0.4, -0.2) is 17.2 Å². The van der Waals surface area contributed by atoms with Crippen molar-refractivity contribution in [2.75, 3.05) is 5.43 Å². The summed E-state index contributed by atoms with van der Waals surface area (Å²) in [6.45, 7) is 0. The topological polar surface area (TPSA) is 63.6 Å². The van der Waals surface area contributed by atoms with Gasteiger partial charge in [-0.25, -0.2) is 14.2 Å². The lowest BCUT2D eigenvalue weighted by atomic mass is 10.2. The van der Waals surface area contributed by atoms with E-state index in [1.807, 2.05) is 29.6 Å². The summed E-state index contributed by atoms with van der Waals surface area (Å²) < 4.78 is 18.9. The third-order valence-corrected chi connectivity index (χ3v) is 5.20. The van der Waals surface area contributed by atoms with Gasteiger partial charge in [0.15, 0.2) is 0 Å². The van der Waals surface area contributed by atoms with Crippen molar-refractivity contribution in [3.63, 3.8) is 0 Å². The lowest BCUT2D eigenvalue weighted by molar-refractivity contribution is 0.0730. The molecule has 0 unspecified atom stereocenters. The maximum Gasteiger partial charge on any atom is 0.346 e. The Morgan fingerprint density at radius 2 is 1.81 bits per heavy atom. The van der Waals surface area contributed by atoms with Crippen LogP contribution in [0.5, 0.6) is 5.75 Å². The van der Waals surface area contributed by atoms with E-state index in [1.54, 1.807) is 36.5 Å². The molecule has 0 amide bonds. The van der Waals surface area contributed by atoms with Crippen LogP contribution >= 0.6 is 22.9 Å². The first kappa shape index (κ1) is 20.7. The molecule has 4 aromatic rings. The molecule has 0 aliphatic rings. The van der Waals surface area contributed by atoms with Crippen LogP contribution in [0.15, 0.2) is 83.3 Å². The Morgan fingerprint density at radius 3 is 2.55 bits per heavy atom. The van der Waals surface area contributed by atoms with Crippen LogP contribution < -0.4 is 10.2 Å². The lowest BCUT2D eigenvalue weighted by Crippen LogP contribution is -2.10. The number of hydrogen-bond acceptors (Lipinski definition) is 6. The third kappa shape index (κ3) is 5.33. The Bertz CT molecular complexity index is 1220.